The standard InChI is InChI=1S/C24H29Cl2N3O6/c1-6-32-19-13-18(20(33-7-2)12-16(19)26)27-24(31)21(14(5)30)29-28-17-11-10-15(25)22(34-8-3)23(17)35-9-4/h10-13,21H,6-9H2,1-5H3,(H,27,31). The van der Waals surface area contributed by atoms with Gasteiger partial charge in [0.1, 0.15) is 17.2 Å². The van der Waals surface area contributed by atoms with Gasteiger partial charge in [0, 0.05) is 12.1 Å². The third-order valence-corrected chi connectivity index (χ3v) is 5.02. The first-order valence-corrected chi connectivity index (χ1v) is 11.9. The molecule has 0 aliphatic carbocycles. The van der Waals surface area contributed by atoms with Crippen molar-refractivity contribution in [2.24, 2.45) is 10.2 Å². The van der Waals surface area contributed by atoms with Crippen LogP contribution in [0.15, 0.2) is 34.5 Å². The normalized spacial score (nSPS) is 11.7. The molecule has 2 rings (SSSR count). The van der Waals surface area contributed by atoms with E-state index < -0.39 is 17.7 Å². The van der Waals surface area contributed by atoms with E-state index >= 15 is 0 Å². The van der Waals surface area contributed by atoms with Crippen LogP contribution in [0, 0.1) is 0 Å². The smallest absolute Gasteiger partial charge is 0.258 e. The van der Waals surface area contributed by atoms with Gasteiger partial charge in [-0.3, -0.25) is 9.59 Å². The molecule has 2 aromatic rings. The Hall–Kier alpha value is -3.04. The number of amides is 1. The van der Waals surface area contributed by atoms with Crippen LogP contribution in [0.5, 0.6) is 23.0 Å². The molecule has 35 heavy (non-hydrogen) atoms. The van der Waals surface area contributed by atoms with Crippen molar-refractivity contribution in [3.05, 3.63) is 34.3 Å². The summed E-state index contributed by atoms with van der Waals surface area (Å²) < 4.78 is 22.3. The molecule has 1 N–H and O–H groups in total. The van der Waals surface area contributed by atoms with E-state index in [1.54, 1.807) is 39.8 Å². The first-order chi connectivity index (χ1) is 16.8. The van der Waals surface area contributed by atoms with Crippen molar-refractivity contribution in [1.82, 2.24) is 0 Å². The molecule has 0 spiro atoms. The van der Waals surface area contributed by atoms with Gasteiger partial charge in [0.05, 0.1) is 42.2 Å². The predicted octanol–water partition coefficient (Wildman–Crippen LogP) is 6.27. The van der Waals surface area contributed by atoms with Crippen molar-refractivity contribution in [2.75, 3.05) is 31.7 Å². The second kappa shape index (κ2) is 13.7. The molecule has 0 heterocycles. The van der Waals surface area contributed by atoms with E-state index in [1.807, 2.05) is 0 Å². The molecule has 1 amide bonds. The SMILES string of the molecule is CCOc1cc(NC(=O)C(N=Nc2ccc(Cl)c(OCC)c2OCC)C(C)=O)c(OCC)cc1Cl. The summed E-state index contributed by atoms with van der Waals surface area (Å²) in [6.45, 7) is 9.83. The zero-order valence-corrected chi connectivity index (χ0v) is 21.8. The lowest BCUT2D eigenvalue weighted by atomic mass is 10.2. The van der Waals surface area contributed by atoms with Gasteiger partial charge in [0.15, 0.2) is 17.3 Å². The fourth-order valence-electron chi connectivity index (χ4n) is 2.98. The molecular weight excluding hydrogens is 497 g/mol. The Kier molecular flexibility index (Phi) is 11.1. The molecule has 11 heteroatoms. The number of halogens is 2. The van der Waals surface area contributed by atoms with Crippen molar-refractivity contribution in [1.29, 1.82) is 0 Å². The van der Waals surface area contributed by atoms with Crippen LogP contribution in [0.3, 0.4) is 0 Å². The number of carbonyl (C=O) groups is 2. The molecule has 190 valence electrons. The van der Waals surface area contributed by atoms with Crippen LogP contribution >= 0.6 is 23.2 Å². The number of rotatable bonds is 13. The van der Waals surface area contributed by atoms with Crippen molar-refractivity contribution < 1.29 is 28.5 Å². The molecule has 2 aromatic carbocycles. The lowest BCUT2D eigenvalue weighted by Crippen LogP contribution is -2.32. The van der Waals surface area contributed by atoms with Crippen LogP contribution in [0.1, 0.15) is 34.6 Å². The summed E-state index contributed by atoms with van der Waals surface area (Å²) in [6.07, 6.45) is 0. The summed E-state index contributed by atoms with van der Waals surface area (Å²) in [5, 5.41) is 11.4. The third kappa shape index (κ3) is 7.47. The number of benzene rings is 2. The number of nitrogens with zero attached hydrogens (tertiary/aromatic N) is 2. The van der Waals surface area contributed by atoms with Crippen LogP contribution in [0.2, 0.25) is 10.0 Å². The van der Waals surface area contributed by atoms with Crippen molar-refractivity contribution >= 4 is 46.3 Å². The molecule has 0 radical (unpaired) electrons. The maximum atomic E-state index is 13.0. The van der Waals surface area contributed by atoms with Gasteiger partial charge in [-0.05, 0) is 46.8 Å². The van der Waals surface area contributed by atoms with E-state index in [-0.39, 0.29) is 17.1 Å². The van der Waals surface area contributed by atoms with Crippen LogP contribution in [-0.4, -0.2) is 44.2 Å². The van der Waals surface area contributed by atoms with Gasteiger partial charge in [-0.1, -0.05) is 23.2 Å². The highest BCUT2D eigenvalue weighted by Gasteiger charge is 2.25. The topological polar surface area (TPSA) is 108 Å². The monoisotopic (exact) mass is 525 g/mol. The Morgan fingerprint density at radius 2 is 1.46 bits per heavy atom. The summed E-state index contributed by atoms with van der Waals surface area (Å²) in [5.74, 6) is 0.0449. The Bertz CT molecular complexity index is 1080. The van der Waals surface area contributed by atoms with Crippen LogP contribution in [0.4, 0.5) is 11.4 Å². The molecule has 0 aliphatic heterocycles. The number of ether oxygens (including phenoxy) is 4. The number of ketones is 1. The molecule has 0 bridgehead atoms. The zero-order chi connectivity index (χ0) is 26.0. The summed E-state index contributed by atoms with van der Waals surface area (Å²) in [5.41, 5.74) is 0.546. The fourth-order valence-corrected chi connectivity index (χ4v) is 3.39. The molecule has 0 fully saturated rings. The van der Waals surface area contributed by atoms with Crippen LogP contribution < -0.4 is 24.3 Å². The Balaban J connectivity index is 2.40. The fraction of sp³-hybridized carbons (Fsp3) is 0.417. The van der Waals surface area contributed by atoms with Gasteiger partial charge in [-0.25, -0.2) is 0 Å². The summed E-state index contributed by atoms with van der Waals surface area (Å²) in [7, 11) is 0. The minimum absolute atomic E-state index is 0.263. The van der Waals surface area contributed by atoms with Gasteiger partial charge in [-0.15, -0.1) is 0 Å². The second-order valence-electron chi connectivity index (χ2n) is 6.95. The van der Waals surface area contributed by atoms with E-state index in [0.717, 1.165) is 0 Å². The van der Waals surface area contributed by atoms with Gasteiger partial charge >= 0.3 is 0 Å². The van der Waals surface area contributed by atoms with E-state index in [9.17, 15) is 9.59 Å². The van der Waals surface area contributed by atoms with Gasteiger partial charge in [-0.2, -0.15) is 10.2 Å². The largest absolute Gasteiger partial charge is 0.492 e. The van der Waals surface area contributed by atoms with Gasteiger partial charge in [0.25, 0.3) is 5.91 Å². The van der Waals surface area contributed by atoms with E-state index in [0.29, 0.717) is 53.7 Å². The molecule has 0 aromatic heterocycles. The summed E-state index contributed by atoms with van der Waals surface area (Å²) in [6, 6.07) is 4.77. The van der Waals surface area contributed by atoms with Crippen molar-refractivity contribution in [3.63, 3.8) is 0 Å². The molecule has 1 atom stereocenters. The lowest BCUT2D eigenvalue weighted by Gasteiger charge is -2.16. The van der Waals surface area contributed by atoms with E-state index in [4.69, 9.17) is 42.1 Å². The minimum atomic E-state index is -1.43. The molecule has 0 saturated heterocycles. The second-order valence-corrected chi connectivity index (χ2v) is 7.77. The number of carbonyl (C=O) groups excluding carboxylic acids is 2. The average molecular weight is 526 g/mol. The van der Waals surface area contributed by atoms with Gasteiger partial charge < -0.3 is 24.3 Å². The van der Waals surface area contributed by atoms with Crippen LogP contribution in [0.25, 0.3) is 0 Å². The number of azo groups is 1. The Labute approximate surface area is 214 Å². The number of hydrogen-bond acceptors (Lipinski definition) is 8. The first-order valence-electron chi connectivity index (χ1n) is 11.2. The minimum Gasteiger partial charge on any atom is -0.492 e. The predicted molar refractivity (Wildman–Crippen MR) is 135 cm³/mol. The van der Waals surface area contributed by atoms with Crippen molar-refractivity contribution in [2.45, 2.75) is 40.7 Å². The molecule has 9 nitrogen and oxygen atoms in total. The molecular formula is C24H29Cl2N3O6. The summed E-state index contributed by atoms with van der Waals surface area (Å²) in [4.78, 5) is 25.3. The molecule has 1 unspecified atom stereocenters. The van der Waals surface area contributed by atoms with Gasteiger partial charge in [0.2, 0.25) is 6.04 Å². The lowest BCUT2D eigenvalue weighted by molar-refractivity contribution is -0.126. The number of nitrogens with one attached hydrogen (secondary N) is 1. The highest BCUT2D eigenvalue weighted by molar-refractivity contribution is 6.32. The Morgan fingerprint density at radius 1 is 0.857 bits per heavy atom. The quantitative estimate of drug-likeness (QED) is 0.244. The van der Waals surface area contributed by atoms with E-state index in [2.05, 4.69) is 15.5 Å². The number of Topliss-reactive ketones (excluding diaryl/α,β-unsaturated/α-hetero) is 1. The highest BCUT2D eigenvalue weighted by Crippen LogP contribution is 2.43. The third-order valence-electron chi connectivity index (χ3n) is 4.43. The maximum Gasteiger partial charge on any atom is 0.258 e. The number of anilines is 1. The summed E-state index contributed by atoms with van der Waals surface area (Å²) >= 11 is 12.5. The van der Waals surface area contributed by atoms with Crippen LogP contribution in [-0.2, 0) is 9.59 Å². The van der Waals surface area contributed by atoms with E-state index in [1.165, 1.54) is 19.1 Å². The van der Waals surface area contributed by atoms with Crippen molar-refractivity contribution in [3.8, 4) is 23.0 Å². The molecule has 0 saturated carbocycles. The number of hydrogen-bond donors (Lipinski definition) is 1. The maximum absolute atomic E-state index is 13.0. The highest BCUT2D eigenvalue weighted by atomic mass is 35.5. The average Bonchev–Trinajstić information content (AvgIpc) is 2.80. The first kappa shape index (κ1) is 28.2. The zero-order valence-electron chi connectivity index (χ0n) is 20.3. The molecule has 0 aliphatic rings. The Morgan fingerprint density at radius 3 is 2.06 bits per heavy atom.